The number of carbonyl (C=O) groups is 1. The molecule has 3 nitrogen and oxygen atoms in total. The summed E-state index contributed by atoms with van der Waals surface area (Å²) in [5.41, 5.74) is 1.84. The molecule has 0 saturated carbocycles. The Kier molecular flexibility index (Phi) is 3.39. The molecule has 0 unspecified atom stereocenters. The maximum Gasteiger partial charge on any atom is 0.257 e. The Morgan fingerprint density at radius 3 is 2.73 bits per heavy atom. The Labute approximate surface area is 133 Å². The topological polar surface area (TPSA) is 42.0 Å². The Bertz CT molecular complexity index is 830. The molecule has 0 aliphatic heterocycles. The normalized spacial score (nSPS) is 13.8. The number of aromatic nitrogens is 1. The van der Waals surface area contributed by atoms with E-state index in [1.54, 1.807) is 11.3 Å². The van der Waals surface area contributed by atoms with Gasteiger partial charge >= 0.3 is 0 Å². The molecular weight excluding hydrogens is 292 g/mol. The maximum atomic E-state index is 12.4. The fraction of sp³-hybridized carbons (Fsp3) is 0.222. The molecule has 1 aliphatic carbocycles. The van der Waals surface area contributed by atoms with Crippen LogP contribution in [0.1, 0.15) is 33.8 Å². The molecule has 0 bridgehead atoms. The molecular formula is C18H16N2OS. The third kappa shape index (κ3) is 2.50. The summed E-state index contributed by atoms with van der Waals surface area (Å²) in [4.78, 5) is 18.3. The first kappa shape index (κ1) is 13.5. The molecule has 110 valence electrons. The lowest BCUT2D eigenvalue weighted by Gasteiger charge is -2.06. The Morgan fingerprint density at radius 1 is 1.05 bits per heavy atom. The molecule has 1 aromatic heterocycles. The van der Waals surface area contributed by atoms with E-state index in [9.17, 15) is 4.79 Å². The van der Waals surface area contributed by atoms with Gasteiger partial charge in [0.1, 0.15) is 0 Å². The largest absolute Gasteiger partial charge is 0.298 e. The van der Waals surface area contributed by atoms with Crippen molar-refractivity contribution in [2.75, 3.05) is 5.32 Å². The van der Waals surface area contributed by atoms with E-state index in [-0.39, 0.29) is 5.91 Å². The van der Waals surface area contributed by atoms with Crippen molar-refractivity contribution in [3.05, 3.63) is 58.6 Å². The summed E-state index contributed by atoms with van der Waals surface area (Å²) in [5, 5.41) is 5.90. The highest BCUT2D eigenvalue weighted by molar-refractivity contribution is 7.15. The van der Waals surface area contributed by atoms with Gasteiger partial charge in [-0.25, -0.2) is 4.98 Å². The van der Waals surface area contributed by atoms with E-state index in [1.807, 2.05) is 42.5 Å². The summed E-state index contributed by atoms with van der Waals surface area (Å²) in [7, 11) is 0. The molecule has 1 amide bonds. The second-order valence-electron chi connectivity index (χ2n) is 5.61. The quantitative estimate of drug-likeness (QED) is 0.761. The summed E-state index contributed by atoms with van der Waals surface area (Å²) in [6.45, 7) is 0. The van der Waals surface area contributed by atoms with Crippen molar-refractivity contribution >= 4 is 33.1 Å². The van der Waals surface area contributed by atoms with Gasteiger partial charge in [0, 0.05) is 10.4 Å². The molecule has 0 saturated heterocycles. The number of hydrogen-bond acceptors (Lipinski definition) is 3. The van der Waals surface area contributed by atoms with Gasteiger partial charge in [0.15, 0.2) is 5.13 Å². The van der Waals surface area contributed by atoms with E-state index in [1.165, 1.54) is 23.4 Å². The van der Waals surface area contributed by atoms with Crippen LogP contribution < -0.4 is 5.32 Å². The summed E-state index contributed by atoms with van der Waals surface area (Å²) < 4.78 is 0. The highest BCUT2D eigenvalue weighted by Crippen LogP contribution is 2.29. The number of carbonyl (C=O) groups excluding carboxylic acids is 1. The Hall–Kier alpha value is -2.20. The number of rotatable bonds is 2. The van der Waals surface area contributed by atoms with Crippen LogP contribution >= 0.6 is 11.3 Å². The first-order chi connectivity index (χ1) is 10.8. The van der Waals surface area contributed by atoms with Gasteiger partial charge < -0.3 is 0 Å². The molecule has 0 spiro atoms. The third-order valence-electron chi connectivity index (χ3n) is 4.08. The Morgan fingerprint density at radius 2 is 1.86 bits per heavy atom. The third-order valence-corrected chi connectivity index (χ3v) is 5.15. The number of nitrogens with one attached hydrogen (secondary N) is 1. The molecule has 1 N–H and O–H groups in total. The molecule has 1 heterocycles. The fourth-order valence-corrected chi connectivity index (χ4v) is 3.95. The number of fused-ring (bicyclic) bond motifs is 2. The zero-order valence-electron chi connectivity index (χ0n) is 12.1. The molecule has 0 atom stereocenters. The van der Waals surface area contributed by atoms with Crippen molar-refractivity contribution in [1.29, 1.82) is 0 Å². The molecule has 1 aliphatic rings. The summed E-state index contributed by atoms with van der Waals surface area (Å²) >= 11 is 1.62. The van der Waals surface area contributed by atoms with E-state index in [0.29, 0.717) is 5.56 Å². The molecule has 22 heavy (non-hydrogen) atoms. The SMILES string of the molecule is O=C(Nc1nc2c(s1)CCCC2)c1ccc2ccccc2c1. The van der Waals surface area contributed by atoms with Crippen LogP contribution in [0.25, 0.3) is 10.8 Å². The minimum atomic E-state index is -0.0863. The smallest absolute Gasteiger partial charge is 0.257 e. The van der Waals surface area contributed by atoms with Crippen LogP contribution in [0.2, 0.25) is 0 Å². The lowest BCUT2D eigenvalue weighted by Crippen LogP contribution is -2.11. The van der Waals surface area contributed by atoms with Crippen molar-refractivity contribution in [2.45, 2.75) is 25.7 Å². The standard InChI is InChI=1S/C18H16N2OS/c21-17(14-10-9-12-5-1-2-6-13(12)11-14)20-18-19-15-7-3-4-8-16(15)22-18/h1-2,5-6,9-11H,3-4,7-8H2,(H,19,20,21). The van der Waals surface area contributed by atoms with Crippen LogP contribution in [0.5, 0.6) is 0 Å². The molecule has 2 aromatic carbocycles. The van der Waals surface area contributed by atoms with Gasteiger partial charge in [-0.05, 0) is 48.6 Å². The molecule has 0 fully saturated rings. The fourth-order valence-electron chi connectivity index (χ4n) is 2.91. The molecule has 4 rings (SSSR count). The van der Waals surface area contributed by atoms with Gasteiger partial charge in [0.05, 0.1) is 5.69 Å². The van der Waals surface area contributed by atoms with Gasteiger partial charge in [0.2, 0.25) is 0 Å². The summed E-state index contributed by atoms with van der Waals surface area (Å²) in [6.07, 6.45) is 4.57. The van der Waals surface area contributed by atoms with Gasteiger partial charge in [-0.15, -0.1) is 11.3 Å². The minimum Gasteiger partial charge on any atom is -0.298 e. The van der Waals surface area contributed by atoms with E-state index < -0.39 is 0 Å². The van der Waals surface area contributed by atoms with Gasteiger partial charge in [0.25, 0.3) is 5.91 Å². The lowest BCUT2D eigenvalue weighted by atomic mass is 10.0. The summed E-state index contributed by atoms with van der Waals surface area (Å²) in [6, 6.07) is 13.8. The molecule has 3 aromatic rings. The second kappa shape index (κ2) is 5.54. The van der Waals surface area contributed by atoms with E-state index in [2.05, 4.69) is 10.3 Å². The monoisotopic (exact) mass is 308 g/mol. The van der Waals surface area contributed by atoms with Crippen molar-refractivity contribution in [1.82, 2.24) is 4.98 Å². The predicted octanol–water partition coefficient (Wildman–Crippen LogP) is 4.43. The van der Waals surface area contributed by atoms with E-state index >= 15 is 0 Å². The van der Waals surface area contributed by atoms with Crippen molar-refractivity contribution in [3.8, 4) is 0 Å². The minimum absolute atomic E-state index is 0.0863. The second-order valence-corrected chi connectivity index (χ2v) is 6.70. The van der Waals surface area contributed by atoms with Crippen LogP contribution in [-0.4, -0.2) is 10.9 Å². The van der Waals surface area contributed by atoms with Gasteiger partial charge in [-0.3, -0.25) is 10.1 Å². The van der Waals surface area contributed by atoms with Crippen molar-refractivity contribution < 1.29 is 4.79 Å². The number of hydrogen-bond donors (Lipinski definition) is 1. The summed E-state index contributed by atoms with van der Waals surface area (Å²) in [5.74, 6) is -0.0863. The zero-order valence-corrected chi connectivity index (χ0v) is 13.0. The molecule has 0 radical (unpaired) electrons. The predicted molar refractivity (Wildman–Crippen MR) is 90.7 cm³/mol. The number of amides is 1. The van der Waals surface area contributed by atoms with Crippen molar-refractivity contribution in [3.63, 3.8) is 0 Å². The zero-order chi connectivity index (χ0) is 14.9. The van der Waals surface area contributed by atoms with Gasteiger partial charge in [-0.2, -0.15) is 0 Å². The average Bonchev–Trinajstić information content (AvgIpc) is 2.96. The van der Waals surface area contributed by atoms with E-state index in [0.717, 1.165) is 28.7 Å². The number of nitrogens with zero attached hydrogens (tertiary/aromatic N) is 1. The highest BCUT2D eigenvalue weighted by Gasteiger charge is 2.16. The van der Waals surface area contributed by atoms with E-state index in [4.69, 9.17) is 0 Å². The van der Waals surface area contributed by atoms with Crippen molar-refractivity contribution in [2.24, 2.45) is 0 Å². The molecule has 4 heteroatoms. The van der Waals surface area contributed by atoms with Gasteiger partial charge in [-0.1, -0.05) is 30.3 Å². The van der Waals surface area contributed by atoms with Crippen LogP contribution in [0.15, 0.2) is 42.5 Å². The first-order valence-electron chi connectivity index (χ1n) is 7.58. The highest BCUT2D eigenvalue weighted by atomic mass is 32.1. The van der Waals surface area contributed by atoms with Crippen LogP contribution in [-0.2, 0) is 12.8 Å². The van der Waals surface area contributed by atoms with Crippen LogP contribution in [0.4, 0.5) is 5.13 Å². The Balaban J connectivity index is 1.59. The number of aryl methyl sites for hydroxylation is 2. The van der Waals surface area contributed by atoms with Crippen LogP contribution in [0, 0.1) is 0 Å². The number of anilines is 1. The average molecular weight is 308 g/mol. The maximum absolute atomic E-state index is 12.4. The first-order valence-corrected chi connectivity index (χ1v) is 8.40. The number of thiazole rings is 1. The lowest BCUT2D eigenvalue weighted by molar-refractivity contribution is 0.102. The van der Waals surface area contributed by atoms with Crippen LogP contribution in [0.3, 0.4) is 0 Å². The number of benzene rings is 2.